The summed E-state index contributed by atoms with van der Waals surface area (Å²) in [7, 11) is 0. The van der Waals surface area contributed by atoms with Crippen LogP contribution in [0.4, 0.5) is 4.79 Å². The van der Waals surface area contributed by atoms with Gasteiger partial charge in [0.1, 0.15) is 0 Å². The summed E-state index contributed by atoms with van der Waals surface area (Å²) in [5.74, 6) is 3.15. The molecular weight excluding hydrogens is 188 g/mol. The van der Waals surface area contributed by atoms with E-state index in [1.54, 1.807) is 13.8 Å². The highest BCUT2D eigenvalue weighted by Crippen LogP contribution is 2.21. The van der Waals surface area contributed by atoms with Crippen LogP contribution in [0.3, 0.4) is 0 Å². The number of nitrogens with two attached hydrogens (primary N) is 1. The van der Waals surface area contributed by atoms with E-state index in [9.17, 15) is 14.4 Å². The Kier molecular flexibility index (Phi) is 2.43. The van der Waals surface area contributed by atoms with Gasteiger partial charge in [0.15, 0.2) is 0 Å². The molecule has 0 radical (unpaired) electrons. The zero-order valence-electron chi connectivity index (χ0n) is 7.88. The fraction of sp³-hybridized carbons (Fsp3) is 0.571. The van der Waals surface area contributed by atoms with Gasteiger partial charge in [0.2, 0.25) is 5.54 Å². The number of rotatable bonds is 2. The molecule has 4 amide bonds. The minimum absolute atomic E-state index is 0.391. The summed E-state index contributed by atoms with van der Waals surface area (Å²) in [6.45, 7) is 3.28. The predicted octanol–water partition coefficient (Wildman–Crippen LogP) is -1.79. The summed E-state index contributed by atoms with van der Waals surface area (Å²) in [5.41, 5.74) is 0.274. The van der Waals surface area contributed by atoms with E-state index in [0.29, 0.717) is 0 Å². The second-order valence-corrected chi connectivity index (χ2v) is 3.34. The highest BCUT2D eigenvalue weighted by Gasteiger charge is 2.54. The number of nitrogens with one attached hydrogen (secondary N) is 3. The Morgan fingerprint density at radius 3 is 2.36 bits per heavy atom. The first kappa shape index (κ1) is 10.5. The molecule has 7 heteroatoms. The number of carbonyl (C=O) groups excluding carboxylic acids is 3. The largest absolute Gasteiger partial charge is 0.322 e. The predicted molar refractivity (Wildman–Crippen MR) is 46.6 cm³/mol. The first-order valence-electron chi connectivity index (χ1n) is 4.09. The van der Waals surface area contributed by atoms with Crippen molar-refractivity contribution in [1.82, 2.24) is 16.1 Å². The Balaban J connectivity index is 3.11. The van der Waals surface area contributed by atoms with Crippen LogP contribution in [-0.2, 0) is 9.59 Å². The van der Waals surface area contributed by atoms with Crippen LogP contribution in [0.5, 0.6) is 0 Å². The highest BCUT2D eigenvalue weighted by atomic mass is 16.2. The third-order valence-electron chi connectivity index (χ3n) is 2.25. The summed E-state index contributed by atoms with van der Waals surface area (Å²) in [6, 6.07) is -0.688. The van der Waals surface area contributed by atoms with Crippen LogP contribution >= 0.6 is 0 Å². The molecule has 1 atom stereocenters. The molecule has 0 aromatic rings. The van der Waals surface area contributed by atoms with Gasteiger partial charge in [-0.1, -0.05) is 13.8 Å². The van der Waals surface area contributed by atoms with Gasteiger partial charge in [-0.15, -0.1) is 0 Å². The standard InChI is InChI=1S/C7H12N4O3/c1-3(2)7(5(13)11-8)4(12)9-6(14)10-7/h3H,8H2,1-2H3,(H,11,13)(H2,9,10,12,14). The lowest BCUT2D eigenvalue weighted by molar-refractivity contribution is -0.138. The van der Waals surface area contributed by atoms with Crippen LogP contribution in [0.25, 0.3) is 0 Å². The second-order valence-electron chi connectivity index (χ2n) is 3.34. The Labute approximate surface area is 80.4 Å². The Morgan fingerprint density at radius 1 is 1.50 bits per heavy atom. The number of hydrazine groups is 1. The summed E-state index contributed by atoms with van der Waals surface area (Å²) < 4.78 is 0. The van der Waals surface area contributed by atoms with Crippen molar-refractivity contribution in [3.05, 3.63) is 0 Å². The maximum absolute atomic E-state index is 11.4. The van der Waals surface area contributed by atoms with E-state index in [4.69, 9.17) is 5.84 Å². The van der Waals surface area contributed by atoms with Gasteiger partial charge in [-0.05, 0) is 5.92 Å². The van der Waals surface area contributed by atoms with Gasteiger partial charge in [-0.2, -0.15) is 0 Å². The average molecular weight is 200 g/mol. The van der Waals surface area contributed by atoms with E-state index in [-0.39, 0.29) is 0 Å². The van der Waals surface area contributed by atoms with Gasteiger partial charge < -0.3 is 5.32 Å². The van der Waals surface area contributed by atoms with Gasteiger partial charge in [0.05, 0.1) is 0 Å². The van der Waals surface area contributed by atoms with E-state index in [1.807, 2.05) is 10.7 Å². The number of carbonyl (C=O) groups is 3. The maximum atomic E-state index is 11.4. The molecule has 1 saturated heterocycles. The van der Waals surface area contributed by atoms with Gasteiger partial charge in [-0.3, -0.25) is 20.3 Å². The summed E-state index contributed by atoms with van der Waals surface area (Å²) in [5, 5.41) is 4.27. The van der Waals surface area contributed by atoms with Crippen molar-refractivity contribution in [2.75, 3.05) is 0 Å². The fourth-order valence-electron chi connectivity index (χ4n) is 1.41. The van der Waals surface area contributed by atoms with Crippen molar-refractivity contribution in [2.45, 2.75) is 19.4 Å². The SMILES string of the molecule is CC(C)C1(C(=O)NN)NC(=O)NC1=O. The molecule has 0 aliphatic carbocycles. The smallest absolute Gasteiger partial charge is 0.315 e. The van der Waals surface area contributed by atoms with Crippen molar-refractivity contribution >= 4 is 17.8 Å². The number of amides is 4. The van der Waals surface area contributed by atoms with Crippen molar-refractivity contribution in [2.24, 2.45) is 11.8 Å². The molecule has 78 valence electrons. The monoisotopic (exact) mass is 200 g/mol. The lowest BCUT2D eigenvalue weighted by Crippen LogP contribution is -2.63. The topological polar surface area (TPSA) is 113 Å². The zero-order chi connectivity index (χ0) is 10.9. The molecule has 0 saturated carbocycles. The van der Waals surface area contributed by atoms with Crippen LogP contribution in [-0.4, -0.2) is 23.4 Å². The fourth-order valence-corrected chi connectivity index (χ4v) is 1.41. The molecule has 0 aromatic carbocycles. The van der Waals surface area contributed by atoms with E-state index in [1.165, 1.54) is 0 Å². The molecule has 14 heavy (non-hydrogen) atoms. The van der Waals surface area contributed by atoms with E-state index in [0.717, 1.165) is 0 Å². The van der Waals surface area contributed by atoms with Gasteiger partial charge in [0, 0.05) is 0 Å². The molecule has 1 rings (SSSR count). The maximum Gasteiger partial charge on any atom is 0.322 e. The summed E-state index contributed by atoms with van der Waals surface area (Å²) >= 11 is 0. The molecule has 0 bridgehead atoms. The molecule has 1 aliphatic heterocycles. The van der Waals surface area contributed by atoms with Crippen molar-refractivity contribution < 1.29 is 14.4 Å². The lowest BCUT2D eigenvalue weighted by Gasteiger charge is -2.27. The molecule has 1 aliphatic rings. The molecule has 1 unspecified atom stereocenters. The third kappa shape index (κ3) is 1.22. The number of imide groups is 1. The van der Waals surface area contributed by atoms with E-state index in [2.05, 4.69) is 5.32 Å². The van der Waals surface area contributed by atoms with Crippen molar-refractivity contribution in [1.29, 1.82) is 0 Å². The first-order chi connectivity index (χ1) is 6.45. The molecular formula is C7H12N4O3. The third-order valence-corrected chi connectivity index (χ3v) is 2.25. The average Bonchev–Trinajstić information content (AvgIpc) is 2.41. The van der Waals surface area contributed by atoms with E-state index < -0.39 is 29.3 Å². The number of urea groups is 1. The molecule has 7 nitrogen and oxygen atoms in total. The van der Waals surface area contributed by atoms with E-state index >= 15 is 0 Å². The van der Waals surface area contributed by atoms with Gasteiger partial charge >= 0.3 is 6.03 Å². The quantitative estimate of drug-likeness (QED) is 0.138. The van der Waals surface area contributed by atoms with Gasteiger partial charge in [-0.25, -0.2) is 10.6 Å². The minimum atomic E-state index is -1.59. The Hall–Kier alpha value is -1.63. The zero-order valence-corrected chi connectivity index (χ0v) is 7.88. The van der Waals surface area contributed by atoms with Crippen LogP contribution < -0.4 is 21.9 Å². The normalized spacial score (nSPS) is 26.0. The lowest BCUT2D eigenvalue weighted by atomic mass is 9.86. The van der Waals surface area contributed by atoms with Crippen LogP contribution in [0.15, 0.2) is 0 Å². The summed E-state index contributed by atoms with van der Waals surface area (Å²) in [4.78, 5) is 33.8. The number of hydrogen-bond donors (Lipinski definition) is 4. The van der Waals surface area contributed by atoms with Gasteiger partial charge in [0.25, 0.3) is 11.8 Å². The van der Waals surface area contributed by atoms with Crippen LogP contribution in [0.1, 0.15) is 13.8 Å². The molecule has 5 N–H and O–H groups in total. The Bertz CT molecular complexity index is 301. The van der Waals surface area contributed by atoms with Crippen molar-refractivity contribution in [3.8, 4) is 0 Å². The molecule has 1 heterocycles. The molecule has 0 aromatic heterocycles. The second kappa shape index (κ2) is 3.26. The molecule has 1 fully saturated rings. The van der Waals surface area contributed by atoms with Crippen LogP contribution in [0.2, 0.25) is 0 Å². The Morgan fingerprint density at radius 2 is 2.07 bits per heavy atom. The number of hydrogen-bond acceptors (Lipinski definition) is 4. The van der Waals surface area contributed by atoms with Crippen molar-refractivity contribution in [3.63, 3.8) is 0 Å². The van der Waals surface area contributed by atoms with Crippen LogP contribution in [0, 0.1) is 5.92 Å². The first-order valence-corrected chi connectivity index (χ1v) is 4.09. The highest BCUT2D eigenvalue weighted by molar-refractivity contribution is 6.20. The molecule has 0 spiro atoms. The summed E-state index contributed by atoms with van der Waals surface area (Å²) in [6.07, 6.45) is 0. The minimum Gasteiger partial charge on any atom is -0.315 e.